The van der Waals surface area contributed by atoms with Crippen LogP contribution in [0.2, 0.25) is 0 Å². The zero-order valence-electron chi connectivity index (χ0n) is 10.9. The van der Waals surface area contributed by atoms with Gasteiger partial charge in [0.25, 0.3) is 0 Å². The van der Waals surface area contributed by atoms with Gasteiger partial charge in [-0.3, -0.25) is 0 Å². The minimum atomic E-state index is -0.240. The number of hydrogen-bond acceptors (Lipinski definition) is 3. The molecule has 18 heavy (non-hydrogen) atoms. The number of nitrogens with two attached hydrogens (primary N) is 1. The number of nitrogens with zero attached hydrogens (tertiary/aromatic N) is 3. The Hall–Kier alpha value is -1.42. The third-order valence-corrected chi connectivity index (χ3v) is 3.89. The van der Waals surface area contributed by atoms with E-state index in [0.29, 0.717) is 0 Å². The van der Waals surface area contributed by atoms with Crippen LogP contribution >= 0.6 is 0 Å². The average Bonchev–Trinajstić information content (AvgIpc) is 2.96. The zero-order valence-corrected chi connectivity index (χ0v) is 10.9. The number of rotatable bonds is 3. The van der Waals surface area contributed by atoms with Crippen LogP contribution in [0.15, 0.2) is 18.3 Å². The molecule has 0 radical (unpaired) electrons. The fraction of sp³-hybridized carbons (Fsp3) is 0.571. The Bertz CT molecular complexity index is 552. The van der Waals surface area contributed by atoms with Crippen molar-refractivity contribution < 1.29 is 0 Å². The van der Waals surface area contributed by atoms with Crippen molar-refractivity contribution in [3.05, 3.63) is 24.2 Å². The van der Waals surface area contributed by atoms with Gasteiger partial charge < -0.3 is 10.3 Å². The number of hydrogen-bond donors (Lipinski definition) is 1. The summed E-state index contributed by atoms with van der Waals surface area (Å²) < 4.78 is 2.22. The van der Waals surface area contributed by atoms with E-state index in [1.54, 1.807) is 0 Å². The Morgan fingerprint density at radius 3 is 2.89 bits per heavy atom. The molecule has 1 fully saturated rings. The molecule has 0 aliphatic heterocycles. The quantitative estimate of drug-likeness (QED) is 0.902. The fourth-order valence-corrected chi connectivity index (χ4v) is 3.00. The van der Waals surface area contributed by atoms with Crippen LogP contribution in [0.4, 0.5) is 0 Å². The predicted molar refractivity (Wildman–Crippen MR) is 72.2 cm³/mol. The second kappa shape index (κ2) is 4.35. The normalized spacial score (nSPS) is 18.6. The third kappa shape index (κ3) is 1.72. The predicted octanol–water partition coefficient (Wildman–Crippen LogP) is 2.57. The number of aromatic nitrogens is 3. The minimum absolute atomic E-state index is 0.240. The van der Waals surface area contributed by atoms with E-state index in [-0.39, 0.29) is 5.54 Å². The van der Waals surface area contributed by atoms with Crippen LogP contribution in [-0.2, 0) is 12.1 Å². The third-order valence-electron chi connectivity index (χ3n) is 3.89. The molecule has 0 spiro atoms. The van der Waals surface area contributed by atoms with E-state index in [9.17, 15) is 0 Å². The van der Waals surface area contributed by atoms with Crippen LogP contribution in [0, 0.1) is 0 Å². The van der Waals surface area contributed by atoms with Gasteiger partial charge >= 0.3 is 0 Å². The van der Waals surface area contributed by atoms with Crippen molar-refractivity contribution in [3.8, 4) is 0 Å². The first-order valence-electron chi connectivity index (χ1n) is 6.85. The van der Waals surface area contributed by atoms with Gasteiger partial charge in [0.05, 0.1) is 5.54 Å². The lowest BCUT2D eigenvalue weighted by atomic mass is 9.98. The van der Waals surface area contributed by atoms with Gasteiger partial charge in [-0.05, 0) is 31.4 Å². The zero-order chi connectivity index (χ0) is 12.6. The van der Waals surface area contributed by atoms with Crippen molar-refractivity contribution in [1.82, 2.24) is 14.5 Å². The number of pyridine rings is 1. The van der Waals surface area contributed by atoms with E-state index in [1.807, 2.05) is 18.3 Å². The van der Waals surface area contributed by atoms with Crippen molar-refractivity contribution in [2.45, 2.75) is 51.1 Å². The lowest BCUT2D eigenvalue weighted by Crippen LogP contribution is -2.36. The van der Waals surface area contributed by atoms with Gasteiger partial charge in [-0.25, -0.2) is 9.97 Å². The Morgan fingerprint density at radius 1 is 1.39 bits per heavy atom. The molecule has 0 atom stereocenters. The molecule has 2 heterocycles. The summed E-state index contributed by atoms with van der Waals surface area (Å²) in [5.74, 6) is 1.04. The summed E-state index contributed by atoms with van der Waals surface area (Å²) in [6, 6.07) is 3.96. The van der Waals surface area contributed by atoms with Crippen LogP contribution < -0.4 is 5.73 Å². The van der Waals surface area contributed by atoms with Crippen LogP contribution in [0.5, 0.6) is 0 Å². The lowest BCUT2D eigenvalue weighted by Gasteiger charge is -2.23. The molecule has 4 nitrogen and oxygen atoms in total. The highest BCUT2D eigenvalue weighted by Crippen LogP contribution is 2.36. The van der Waals surface area contributed by atoms with E-state index in [2.05, 4.69) is 16.5 Å². The molecule has 0 amide bonds. The van der Waals surface area contributed by atoms with Crippen molar-refractivity contribution in [2.24, 2.45) is 5.73 Å². The summed E-state index contributed by atoms with van der Waals surface area (Å²) in [4.78, 5) is 9.23. The second-order valence-electron chi connectivity index (χ2n) is 5.30. The maximum atomic E-state index is 6.56. The van der Waals surface area contributed by atoms with Crippen LogP contribution in [0.3, 0.4) is 0 Å². The lowest BCUT2D eigenvalue weighted by molar-refractivity contribution is 0.408. The van der Waals surface area contributed by atoms with Crippen LogP contribution in [0.25, 0.3) is 11.2 Å². The molecular formula is C14H20N4. The molecule has 1 aliphatic rings. The molecule has 3 rings (SSSR count). The molecule has 2 aromatic rings. The second-order valence-corrected chi connectivity index (χ2v) is 5.30. The Kier molecular flexibility index (Phi) is 2.82. The van der Waals surface area contributed by atoms with Gasteiger partial charge in [0, 0.05) is 12.7 Å². The van der Waals surface area contributed by atoms with Gasteiger partial charge in [-0.15, -0.1) is 0 Å². The summed E-state index contributed by atoms with van der Waals surface area (Å²) in [5, 5.41) is 0. The first kappa shape index (κ1) is 11.7. The first-order valence-corrected chi connectivity index (χ1v) is 6.85. The van der Waals surface area contributed by atoms with Gasteiger partial charge in [0.2, 0.25) is 0 Å². The SMILES string of the molecule is CCCn1c(C2(N)CCCC2)nc2cccnc21. The smallest absolute Gasteiger partial charge is 0.160 e. The molecule has 4 heteroatoms. The number of fused-ring (bicyclic) bond motifs is 1. The highest BCUT2D eigenvalue weighted by atomic mass is 15.2. The van der Waals surface area contributed by atoms with Crippen LogP contribution in [0.1, 0.15) is 44.9 Å². The standard InChI is InChI=1S/C14H20N4/c1-2-10-18-12-11(6-5-9-16-12)17-13(18)14(15)7-3-4-8-14/h5-6,9H,2-4,7-8,10,15H2,1H3. The average molecular weight is 244 g/mol. The molecule has 2 aromatic heterocycles. The van der Waals surface area contributed by atoms with Crippen LogP contribution in [-0.4, -0.2) is 14.5 Å². The molecule has 1 aliphatic carbocycles. The Labute approximate surface area is 107 Å². The van der Waals surface area contributed by atoms with Gasteiger partial charge in [-0.1, -0.05) is 19.8 Å². The highest BCUT2D eigenvalue weighted by molar-refractivity contribution is 5.71. The summed E-state index contributed by atoms with van der Waals surface area (Å²) in [7, 11) is 0. The largest absolute Gasteiger partial charge is 0.319 e. The molecular weight excluding hydrogens is 224 g/mol. The summed E-state index contributed by atoms with van der Waals surface area (Å²) in [5.41, 5.74) is 8.27. The van der Waals surface area contributed by atoms with E-state index >= 15 is 0 Å². The minimum Gasteiger partial charge on any atom is -0.319 e. The van der Waals surface area contributed by atoms with Crippen molar-refractivity contribution in [2.75, 3.05) is 0 Å². The molecule has 0 aromatic carbocycles. The summed E-state index contributed by atoms with van der Waals surface area (Å²) in [6.07, 6.45) is 7.40. The molecule has 1 saturated carbocycles. The molecule has 0 bridgehead atoms. The summed E-state index contributed by atoms with van der Waals surface area (Å²) >= 11 is 0. The molecule has 0 saturated heterocycles. The maximum absolute atomic E-state index is 6.56. The maximum Gasteiger partial charge on any atom is 0.160 e. The van der Waals surface area contributed by atoms with Crippen molar-refractivity contribution >= 4 is 11.2 Å². The van der Waals surface area contributed by atoms with E-state index in [1.165, 1.54) is 12.8 Å². The fourth-order valence-electron chi connectivity index (χ4n) is 3.00. The molecule has 0 unspecified atom stereocenters. The summed E-state index contributed by atoms with van der Waals surface area (Å²) in [6.45, 7) is 3.12. The van der Waals surface area contributed by atoms with E-state index in [0.717, 1.165) is 42.8 Å². The van der Waals surface area contributed by atoms with E-state index in [4.69, 9.17) is 10.7 Å². The van der Waals surface area contributed by atoms with Gasteiger partial charge in [-0.2, -0.15) is 0 Å². The molecule has 2 N–H and O–H groups in total. The number of imidazole rings is 1. The van der Waals surface area contributed by atoms with E-state index < -0.39 is 0 Å². The Balaban J connectivity index is 2.18. The van der Waals surface area contributed by atoms with Crippen molar-refractivity contribution in [3.63, 3.8) is 0 Å². The van der Waals surface area contributed by atoms with Gasteiger partial charge in [0.1, 0.15) is 11.3 Å². The van der Waals surface area contributed by atoms with Crippen molar-refractivity contribution in [1.29, 1.82) is 0 Å². The van der Waals surface area contributed by atoms with Gasteiger partial charge in [0.15, 0.2) is 5.65 Å². The monoisotopic (exact) mass is 244 g/mol. The molecule has 96 valence electrons. The highest BCUT2D eigenvalue weighted by Gasteiger charge is 2.36. The topological polar surface area (TPSA) is 56.7 Å². The first-order chi connectivity index (χ1) is 8.74. The Morgan fingerprint density at radius 2 is 2.17 bits per heavy atom. The number of aryl methyl sites for hydroxylation is 1.